The highest BCUT2D eigenvalue weighted by Crippen LogP contribution is 2.31. The zero-order chi connectivity index (χ0) is 22.9. The molecule has 0 aliphatic carbocycles. The molecule has 0 atom stereocenters. The first-order valence-corrected chi connectivity index (χ1v) is 12.4. The summed E-state index contributed by atoms with van der Waals surface area (Å²) in [5, 5.41) is 5.07. The lowest BCUT2D eigenvalue weighted by molar-refractivity contribution is 0.602. The van der Waals surface area contributed by atoms with Crippen LogP contribution < -0.4 is 11.4 Å². The number of nitrogens with zero attached hydrogens (tertiary/aromatic N) is 3. The standard InChI is InChI=1S/C22H21FN4O3S2/c1-32(29,30)20-5-2-16(3-6-20)17-4-7-21-18(8-17)9-19(31-21)13-26-14-25-27(22(26)28)12-15(10-23)11-24/h2-10,14H,11-13,24H2,1H3/b15-10+. The highest BCUT2D eigenvalue weighted by Gasteiger charge is 2.11. The van der Waals surface area contributed by atoms with Crippen molar-refractivity contribution in [2.24, 2.45) is 5.73 Å². The van der Waals surface area contributed by atoms with Crippen LogP contribution in [0.2, 0.25) is 0 Å². The van der Waals surface area contributed by atoms with Gasteiger partial charge in [0, 0.05) is 22.4 Å². The van der Waals surface area contributed by atoms with Gasteiger partial charge >= 0.3 is 5.69 Å². The van der Waals surface area contributed by atoms with Gasteiger partial charge < -0.3 is 5.73 Å². The van der Waals surface area contributed by atoms with E-state index in [1.807, 2.05) is 24.3 Å². The Morgan fingerprint density at radius 2 is 1.88 bits per heavy atom. The van der Waals surface area contributed by atoms with Crippen LogP contribution in [0, 0.1) is 0 Å². The zero-order valence-corrected chi connectivity index (χ0v) is 18.9. The molecule has 0 bridgehead atoms. The van der Waals surface area contributed by atoms with Gasteiger partial charge in [-0.15, -0.1) is 11.3 Å². The van der Waals surface area contributed by atoms with Gasteiger partial charge in [-0.25, -0.2) is 22.3 Å². The van der Waals surface area contributed by atoms with Crippen molar-refractivity contribution in [1.82, 2.24) is 14.3 Å². The summed E-state index contributed by atoms with van der Waals surface area (Å²) < 4.78 is 39.8. The fraction of sp³-hybridized carbons (Fsp3) is 0.182. The van der Waals surface area contributed by atoms with E-state index in [2.05, 4.69) is 5.10 Å². The van der Waals surface area contributed by atoms with E-state index in [4.69, 9.17) is 5.73 Å². The molecule has 2 aromatic heterocycles. The molecule has 0 aliphatic rings. The monoisotopic (exact) mass is 472 g/mol. The summed E-state index contributed by atoms with van der Waals surface area (Å²) in [5.41, 5.74) is 7.30. The number of hydrogen-bond donors (Lipinski definition) is 1. The van der Waals surface area contributed by atoms with E-state index in [9.17, 15) is 17.6 Å². The van der Waals surface area contributed by atoms with Crippen LogP contribution in [0.25, 0.3) is 21.2 Å². The maximum atomic E-state index is 12.8. The van der Waals surface area contributed by atoms with Crippen molar-refractivity contribution in [2.75, 3.05) is 12.8 Å². The van der Waals surface area contributed by atoms with Gasteiger partial charge in [0.2, 0.25) is 0 Å². The first kappa shape index (κ1) is 22.1. The molecule has 7 nitrogen and oxygen atoms in total. The van der Waals surface area contributed by atoms with Crippen LogP contribution in [0.4, 0.5) is 4.39 Å². The van der Waals surface area contributed by atoms with Gasteiger partial charge in [0.15, 0.2) is 9.84 Å². The van der Waals surface area contributed by atoms with Crippen LogP contribution in [0.5, 0.6) is 0 Å². The first-order valence-electron chi connectivity index (χ1n) is 9.72. The lowest BCUT2D eigenvalue weighted by Gasteiger charge is -2.04. The number of benzene rings is 2. The third-order valence-corrected chi connectivity index (χ3v) is 7.30. The van der Waals surface area contributed by atoms with Crippen molar-refractivity contribution >= 4 is 31.3 Å². The fourth-order valence-electron chi connectivity index (χ4n) is 3.34. The fourth-order valence-corrected chi connectivity index (χ4v) is 5.02. The van der Waals surface area contributed by atoms with Crippen LogP contribution in [-0.4, -0.2) is 35.6 Å². The number of sulfone groups is 1. The number of thiophene rings is 1. The highest BCUT2D eigenvalue weighted by molar-refractivity contribution is 7.90. The second kappa shape index (κ2) is 8.81. The Morgan fingerprint density at radius 1 is 1.16 bits per heavy atom. The molecule has 166 valence electrons. The lowest BCUT2D eigenvalue weighted by Crippen LogP contribution is -2.26. The molecular weight excluding hydrogens is 451 g/mol. The minimum absolute atomic E-state index is 0.0193. The lowest BCUT2D eigenvalue weighted by atomic mass is 10.0. The van der Waals surface area contributed by atoms with Crippen LogP contribution in [0.3, 0.4) is 0 Å². The van der Waals surface area contributed by atoms with Gasteiger partial charge in [-0.05, 0) is 52.4 Å². The molecule has 0 amide bonds. The Morgan fingerprint density at radius 3 is 2.53 bits per heavy atom. The van der Waals surface area contributed by atoms with E-state index in [-0.39, 0.29) is 29.2 Å². The Kier molecular flexibility index (Phi) is 6.09. The predicted molar refractivity (Wildman–Crippen MR) is 124 cm³/mol. The molecule has 0 saturated heterocycles. The normalized spacial score (nSPS) is 12.5. The second-order valence-corrected chi connectivity index (χ2v) is 10.6. The van der Waals surface area contributed by atoms with Crippen molar-refractivity contribution in [1.29, 1.82) is 0 Å². The molecule has 0 spiro atoms. The second-order valence-electron chi connectivity index (χ2n) is 7.43. The number of aromatic nitrogens is 3. The molecule has 0 radical (unpaired) electrons. The molecule has 0 aliphatic heterocycles. The van der Waals surface area contributed by atoms with Gasteiger partial charge in [0.05, 0.1) is 24.3 Å². The smallest absolute Gasteiger partial charge is 0.327 e. The van der Waals surface area contributed by atoms with E-state index < -0.39 is 9.84 Å². The Hall–Kier alpha value is -3.08. The van der Waals surface area contributed by atoms with Crippen LogP contribution in [0.1, 0.15) is 4.88 Å². The maximum Gasteiger partial charge on any atom is 0.346 e. The first-order chi connectivity index (χ1) is 15.3. The van der Waals surface area contributed by atoms with Gasteiger partial charge in [-0.1, -0.05) is 18.2 Å². The molecule has 2 aromatic carbocycles. The molecule has 0 unspecified atom stereocenters. The summed E-state index contributed by atoms with van der Waals surface area (Å²) in [5.74, 6) is 0. The molecular formula is C22H21FN4O3S2. The van der Waals surface area contributed by atoms with E-state index in [1.54, 1.807) is 35.6 Å². The van der Waals surface area contributed by atoms with Gasteiger partial charge in [0.25, 0.3) is 0 Å². The molecule has 10 heteroatoms. The van der Waals surface area contributed by atoms with E-state index in [1.165, 1.54) is 21.8 Å². The van der Waals surface area contributed by atoms with Gasteiger partial charge in [-0.3, -0.25) is 4.57 Å². The summed E-state index contributed by atoms with van der Waals surface area (Å²) in [7, 11) is -3.24. The number of halogens is 1. The summed E-state index contributed by atoms with van der Waals surface area (Å²) in [6, 6.07) is 14.8. The van der Waals surface area contributed by atoms with Crippen molar-refractivity contribution in [3.63, 3.8) is 0 Å². The van der Waals surface area contributed by atoms with Crippen LogP contribution >= 0.6 is 11.3 Å². The quantitative estimate of drug-likeness (QED) is 0.445. The van der Waals surface area contributed by atoms with Crippen molar-refractivity contribution in [2.45, 2.75) is 18.0 Å². The van der Waals surface area contributed by atoms with Crippen molar-refractivity contribution < 1.29 is 12.8 Å². The van der Waals surface area contributed by atoms with Gasteiger partial charge in [0.1, 0.15) is 6.33 Å². The zero-order valence-electron chi connectivity index (χ0n) is 17.2. The largest absolute Gasteiger partial charge is 0.346 e. The Labute approximate surface area is 188 Å². The Balaban J connectivity index is 1.58. The van der Waals surface area contributed by atoms with Crippen molar-refractivity contribution in [3.05, 3.63) is 82.1 Å². The number of hydrogen-bond acceptors (Lipinski definition) is 6. The minimum atomic E-state index is -3.24. The third-order valence-electron chi connectivity index (χ3n) is 5.08. The molecule has 2 N–H and O–H groups in total. The average Bonchev–Trinajstić information content (AvgIpc) is 3.34. The third kappa shape index (κ3) is 4.57. The van der Waals surface area contributed by atoms with Gasteiger partial charge in [-0.2, -0.15) is 5.10 Å². The molecule has 4 aromatic rings. The van der Waals surface area contributed by atoms with E-state index in [0.717, 1.165) is 26.1 Å². The molecule has 32 heavy (non-hydrogen) atoms. The Bertz CT molecular complexity index is 1470. The maximum absolute atomic E-state index is 12.8. The van der Waals surface area contributed by atoms with Crippen LogP contribution in [-0.2, 0) is 22.9 Å². The predicted octanol–water partition coefficient (Wildman–Crippen LogP) is 3.19. The topological polar surface area (TPSA) is 100.0 Å². The number of fused-ring (bicyclic) bond motifs is 1. The molecule has 0 saturated carbocycles. The molecule has 4 rings (SSSR count). The van der Waals surface area contributed by atoms with E-state index in [0.29, 0.717) is 12.9 Å². The summed E-state index contributed by atoms with van der Waals surface area (Å²) in [4.78, 5) is 13.8. The summed E-state index contributed by atoms with van der Waals surface area (Å²) in [6.45, 7) is 0.395. The highest BCUT2D eigenvalue weighted by atomic mass is 32.2. The molecule has 0 fully saturated rings. The van der Waals surface area contributed by atoms with Crippen molar-refractivity contribution in [3.8, 4) is 11.1 Å². The number of rotatable bonds is 7. The van der Waals surface area contributed by atoms with Crippen LogP contribution in [0.15, 0.2) is 76.5 Å². The molecule has 2 heterocycles. The summed E-state index contributed by atoms with van der Waals surface area (Å²) in [6.07, 6.45) is 3.03. The average molecular weight is 473 g/mol. The SMILES string of the molecule is CS(=O)(=O)c1ccc(-c2ccc3sc(Cn4cnn(C/C(=C/F)CN)c4=O)cc3c2)cc1. The summed E-state index contributed by atoms with van der Waals surface area (Å²) >= 11 is 1.58. The number of nitrogens with two attached hydrogens (primary N) is 1. The minimum Gasteiger partial charge on any atom is -0.327 e. The van der Waals surface area contributed by atoms with E-state index >= 15 is 0 Å².